The monoisotopic (exact) mass is 563 g/mol. The van der Waals surface area contributed by atoms with Crippen LogP contribution in [0.2, 0.25) is 0 Å². The third-order valence-corrected chi connectivity index (χ3v) is 7.23. The van der Waals surface area contributed by atoms with E-state index in [9.17, 15) is 19.2 Å². The second-order valence-corrected chi connectivity index (χ2v) is 12.1. The second kappa shape index (κ2) is 14.6. The Morgan fingerprint density at radius 2 is 1.82 bits per heavy atom. The lowest BCUT2D eigenvalue weighted by Gasteiger charge is -2.35. The summed E-state index contributed by atoms with van der Waals surface area (Å²) in [5, 5.41) is 5.61. The third kappa shape index (κ3) is 10.1. The highest BCUT2D eigenvalue weighted by molar-refractivity contribution is 7.98. The highest BCUT2D eigenvalue weighted by Crippen LogP contribution is 2.41. The standard InChI is InChI=1S/C29H45N3O6S/c1-9-37-24(33)12-14-30-26(34)25(21-11-10-18(2)19(3)16-21)32(23-17-20(23)4)27(35)22(13-15-39-8)31-28(36)38-29(5,6)7/h10-11,16,20,22-23,25H,9,12-15,17H2,1-8H3,(H,30,34)(H,31,36). The van der Waals surface area contributed by atoms with Crippen molar-refractivity contribution in [3.05, 3.63) is 34.9 Å². The molecule has 1 aliphatic rings. The number of benzene rings is 1. The van der Waals surface area contributed by atoms with Gasteiger partial charge in [0.25, 0.3) is 0 Å². The molecule has 1 aliphatic carbocycles. The normalized spacial score (nSPS) is 17.9. The molecule has 1 aromatic rings. The van der Waals surface area contributed by atoms with Crippen molar-refractivity contribution in [2.24, 2.45) is 5.92 Å². The average Bonchev–Trinajstić information content (AvgIpc) is 3.56. The molecule has 0 aliphatic heterocycles. The zero-order valence-electron chi connectivity index (χ0n) is 24.6. The zero-order valence-corrected chi connectivity index (χ0v) is 25.4. The van der Waals surface area contributed by atoms with E-state index in [1.807, 2.05) is 45.2 Å². The maximum Gasteiger partial charge on any atom is 0.408 e. The van der Waals surface area contributed by atoms with E-state index in [-0.39, 0.29) is 43.3 Å². The van der Waals surface area contributed by atoms with Crippen molar-refractivity contribution in [3.8, 4) is 0 Å². The van der Waals surface area contributed by atoms with Gasteiger partial charge in [0.05, 0.1) is 13.0 Å². The Morgan fingerprint density at radius 3 is 2.36 bits per heavy atom. The van der Waals surface area contributed by atoms with Crippen LogP contribution >= 0.6 is 11.8 Å². The summed E-state index contributed by atoms with van der Waals surface area (Å²) < 4.78 is 10.4. The number of rotatable bonds is 13. The summed E-state index contributed by atoms with van der Waals surface area (Å²) in [6.07, 6.45) is 2.44. The SMILES string of the molecule is CCOC(=O)CCNC(=O)C(c1ccc(C)c(C)c1)N(C(=O)C(CCSC)NC(=O)OC(C)(C)C)C1CC1C. The van der Waals surface area contributed by atoms with E-state index in [2.05, 4.69) is 10.6 Å². The van der Waals surface area contributed by atoms with Gasteiger partial charge in [0, 0.05) is 12.6 Å². The molecule has 0 bridgehead atoms. The van der Waals surface area contributed by atoms with Crippen LogP contribution in [0.15, 0.2) is 18.2 Å². The molecule has 218 valence electrons. The highest BCUT2D eigenvalue weighted by atomic mass is 32.2. The van der Waals surface area contributed by atoms with Crippen molar-refractivity contribution in [3.63, 3.8) is 0 Å². The van der Waals surface area contributed by atoms with Gasteiger partial charge in [-0.05, 0) is 89.0 Å². The summed E-state index contributed by atoms with van der Waals surface area (Å²) in [5.74, 6) is -0.259. The molecule has 2 N–H and O–H groups in total. The number of alkyl carbamates (subject to hydrolysis) is 1. The Balaban J connectivity index is 2.44. The van der Waals surface area contributed by atoms with Crippen LogP contribution in [0.5, 0.6) is 0 Å². The molecular weight excluding hydrogens is 518 g/mol. The van der Waals surface area contributed by atoms with E-state index in [1.54, 1.807) is 44.4 Å². The maximum absolute atomic E-state index is 14.2. The van der Waals surface area contributed by atoms with Gasteiger partial charge in [0.1, 0.15) is 17.7 Å². The summed E-state index contributed by atoms with van der Waals surface area (Å²) in [7, 11) is 0. The molecule has 0 heterocycles. The molecule has 1 fully saturated rings. The number of amides is 3. The molecule has 2 rings (SSSR count). The topological polar surface area (TPSA) is 114 Å². The summed E-state index contributed by atoms with van der Waals surface area (Å²) in [5.41, 5.74) is 2.03. The molecule has 0 aromatic heterocycles. The lowest BCUT2D eigenvalue weighted by Crippen LogP contribution is -2.54. The van der Waals surface area contributed by atoms with Gasteiger partial charge in [0.15, 0.2) is 0 Å². The van der Waals surface area contributed by atoms with Crippen molar-refractivity contribution >= 4 is 35.6 Å². The van der Waals surface area contributed by atoms with Crippen LogP contribution in [-0.2, 0) is 23.9 Å². The predicted octanol–water partition coefficient (Wildman–Crippen LogP) is 4.30. The molecule has 1 aromatic carbocycles. The Morgan fingerprint density at radius 1 is 1.15 bits per heavy atom. The fourth-order valence-corrected chi connectivity index (χ4v) is 4.76. The number of carbonyl (C=O) groups excluding carboxylic acids is 4. The van der Waals surface area contributed by atoms with Crippen LogP contribution in [0.25, 0.3) is 0 Å². The Bertz CT molecular complexity index is 1020. The molecule has 9 nitrogen and oxygen atoms in total. The number of hydrogen-bond donors (Lipinski definition) is 2. The molecule has 3 amide bonds. The fourth-order valence-electron chi connectivity index (χ4n) is 4.29. The van der Waals surface area contributed by atoms with Gasteiger partial charge in [-0.1, -0.05) is 25.1 Å². The number of nitrogens with zero attached hydrogens (tertiary/aromatic N) is 1. The molecule has 10 heteroatoms. The van der Waals surface area contributed by atoms with Crippen LogP contribution < -0.4 is 10.6 Å². The third-order valence-electron chi connectivity index (χ3n) is 6.59. The van der Waals surface area contributed by atoms with E-state index >= 15 is 0 Å². The van der Waals surface area contributed by atoms with E-state index in [0.717, 1.165) is 17.5 Å². The van der Waals surface area contributed by atoms with E-state index in [0.29, 0.717) is 17.7 Å². The number of ether oxygens (including phenoxy) is 2. The maximum atomic E-state index is 14.2. The van der Waals surface area contributed by atoms with Gasteiger partial charge >= 0.3 is 12.1 Å². The largest absolute Gasteiger partial charge is 0.466 e. The van der Waals surface area contributed by atoms with Crippen LogP contribution in [0.4, 0.5) is 4.79 Å². The Labute approximate surface area is 237 Å². The quantitative estimate of drug-likeness (QED) is 0.344. The summed E-state index contributed by atoms with van der Waals surface area (Å²) in [6, 6.07) is 3.79. The number of carbonyl (C=O) groups is 4. The smallest absolute Gasteiger partial charge is 0.408 e. The van der Waals surface area contributed by atoms with E-state index in [1.165, 1.54) is 0 Å². The molecule has 1 saturated carbocycles. The molecule has 39 heavy (non-hydrogen) atoms. The fraction of sp³-hybridized carbons (Fsp3) is 0.655. The van der Waals surface area contributed by atoms with E-state index in [4.69, 9.17) is 9.47 Å². The first kappa shape index (κ1) is 32.5. The van der Waals surface area contributed by atoms with Crippen LogP contribution in [-0.4, -0.2) is 71.6 Å². The lowest BCUT2D eigenvalue weighted by molar-refractivity contribution is -0.145. The molecule has 4 atom stereocenters. The van der Waals surface area contributed by atoms with Gasteiger partial charge < -0.3 is 25.0 Å². The van der Waals surface area contributed by atoms with Gasteiger partial charge in [-0.2, -0.15) is 11.8 Å². The molecular formula is C29H45N3O6S. The zero-order chi connectivity index (χ0) is 29.3. The molecule has 0 saturated heterocycles. The first-order chi connectivity index (χ1) is 18.3. The minimum atomic E-state index is -0.925. The molecule has 0 radical (unpaired) electrons. The second-order valence-electron chi connectivity index (χ2n) is 11.1. The number of aryl methyl sites for hydroxylation is 2. The lowest BCUT2D eigenvalue weighted by atomic mass is 9.97. The average molecular weight is 564 g/mol. The van der Waals surface area contributed by atoms with Crippen molar-refractivity contribution in [2.75, 3.05) is 25.2 Å². The predicted molar refractivity (Wildman–Crippen MR) is 153 cm³/mol. The minimum Gasteiger partial charge on any atom is -0.466 e. The number of thioether (sulfide) groups is 1. The van der Waals surface area contributed by atoms with Gasteiger partial charge in [-0.15, -0.1) is 0 Å². The van der Waals surface area contributed by atoms with E-state index < -0.39 is 29.7 Å². The number of nitrogens with one attached hydrogen (secondary N) is 2. The number of hydrogen-bond acceptors (Lipinski definition) is 7. The number of esters is 1. The minimum absolute atomic E-state index is 0.0313. The van der Waals surface area contributed by atoms with Crippen molar-refractivity contribution in [2.45, 2.75) is 91.5 Å². The van der Waals surface area contributed by atoms with Crippen LogP contribution in [0, 0.1) is 19.8 Å². The summed E-state index contributed by atoms with van der Waals surface area (Å²) >= 11 is 1.57. The Hall–Kier alpha value is -2.75. The van der Waals surface area contributed by atoms with Crippen LogP contribution in [0.3, 0.4) is 0 Å². The van der Waals surface area contributed by atoms with Crippen molar-refractivity contribution in [1.82, 2.24) is 15.5 Å². The van der Waals surface area contributed by atoms with Gasteiger partial charge in [0.2, 0.25) is 11.8 Å². The first-order valence-corrected chi connectivity index (χ1v) is 15.0. The molecule has 0 spiro atoms. The summed E-state index contributed by atoms with van der Waals surface area (Å²) in [6.45, 7) is 13.4. The Kier molecular flexibility index (Phi) is 12.1. The van der Waals surface area contributed by atoms with Gasteiger partial charge in [-0.25, -0.2) is 4.79 Å². The van der Waals surface area contributed by atoms with Crippen molar-refractivity contribution < 1.29 is 28.7 Å². The first-order valence-electron chi connectivity index (χ1n) is 13.6. The van der Waals surface area contributed by atoms with Crippen molar-refractivity contribution in [1.29, 1.82) is 0 Å². The molecule has 4 unspecified atom stereocenters. The van der Waals surface area contributed by atoms with Crippen LogP contribution in [0.1, 0.15) is 76.6 Å². The highest BCUT2D eigenvalue weighted by Gasteiger charge is 2.48. The van der Waals surface area contributed by atoms with Gasteiger partial charge in [-0.3, -0.25) is 14.4 Å². The summed E-state index contributed by atoms with van der Waals surface area (Å²) in [4.78, 5) is 54.1.